The maximum absolute atomic E-state index is 8.80. The summed E-state index contributed by atoms with van der Waals surface area (Å²) in [5.74, 6) is 0. The van der Waals surface area contributed by atoms with E-state index in [0.717, 1.165) is 10.3 Å². The van der Waals surface area contributed by atoms with Crippen LogP contribution in [0.1, 0.15) is 5.56 Å². The summed E-state index contributed by atoms with van der Waals surface area (Å²) in [5.41, 5.74) is 1.52. The van der Waals surface area contributed by atoms with Gasteiger partial charge in [-0.25, -0.2) is 4.98 Å². The molecule has 0 N–H and O–H groups in total. The van der Waals surface area contributed by atoms with E-state index < -0.39 is 0 Å². The standard InChI is InChI=1S/C10H5Br2N3/c11-9-6-14-10(12)15(9)8-3-1-2-7(4-8)5-13/h1-4,6H. The molecule has 0 bridgehead atoms. The minimum atomic E-state index is 0.625. The van der Waals surface area contributed by atoms with Gasteiger partial charge in [-0.3, -0.25) is 4.57 Å². The van der Waals surface area contributed by atoms with Crippen molar-refractivity contribution in [3.8, 4) is 11.8 Å². The Morgan fingerprint density at radius 1 is 1.33 bits per heavy atom. The lowest BCUT2D eigenvalue weighted by Gasteiger charge is -2.05. The van der Waals surface area contributed by atoms with Gasteiger partial charge in [-0.05, 0) is 50.1 Å². The maximum atomic E-state index is 8.80. The van der Waals surface area contributed by atoms with Crippen LogP contribution in [0.2, 0.25) is 0 Å². The number of hydrogen-bond donors (Lipinski definition) is 0. The molecule has 0 saturated heterocycles. The summed E-state index contributed by atoms with van der Waals surface area (Å²) in [6.07, 6.45) is 1.70. The fourth-order valence-corrected chi connectivity index (χ4v) is 2.47. The van der Waals surface area contributed by atoms with Gasteiger partial charge in [0.25, 0.3) is 0 Å². The second-order valence-electron chi connectivity index (χ2n) is 2.85. The zero-order valence-electron chi connectivity index (χ0n) is 7.48. The third kappa shape index (κ3) is 1.96. The number of benzene rings is 1. The summed E-state index contributed by atoms with van der Waals surface area (Å²) in [4.78, 5) is 4.10. The molecule has 0 spiro atoms. The van der Waals surface area contributed by atoms with Crippen LogP contribution in [-0.2, 0) is 0 Å². The van der Waals surface area contributed by atoms with Crippen molar-refractivity contribution in [1.29, 1.82) is 5.26 Å². The quantitative estimate of drug-likeness (QED) is 0.807. The molecule has 0 radical (unpaired) electrons. The minimum Gasteiger partial charge on any atom is -0.281 e. The molecule has 74 valence electrons. The number of hydrogen-bond acceptors (Lipinski definition) is 2. The second kappa shape index (κ2) is 4.17. The molecule has 5 heteroatoms. The summed E-state index contributed by atoms with van der Waals surface area (Å²) >= 11 is 6.73. The second-order valence-corrected chi connectivity index (χ2v) is 4.37. The van der Waals surface area contributed by atoms with Crippen molar-refractivity contribution >= 4 is 31.9 Å². The number of nitriles is 1. The first kappa shape index (κ1) is 10.4. The molecule has 0 amide bonds. The molecule has 1 aromatic carbocycles. The Hall–Kier alpha value is -1.12. The number of rotatable bonds is 1. The van der Waals surface area contributed by atoms with Crippen molar-refractivity contribution in [1.82, 2.24) is 9.55 Å². The molecule has 1 aromatic heterocycles. The van der Waals surface area contributed by atoms with Gasteiger partial charge in [-0.15, -0.1) is 0 Å². The van der Waals surface area contributed by atoms with Crippen molar-refractivity contribution in [2.45, 2.75) is 0 Å². The predicted octanol–water partition coefficient (Wildman–Crippen LogP) is 3.27. The Bertz CT molecular complexity index is 520. The van der Waals surface area contributed by atoms with Crippen molar-refractivity contribution in [2.24, 2.45) is 0 Å². The first-order valence-corrected chi connectivity index (χ1v) is 5.70. The molecule has 0 atom stereocenters. The fourth-order valence-electron chi connectivity index (χ4n) is 1.25. The van der Waals surface area contributed by atoms with E-state index in [2.05, 4.69) is 42.9 Å². The predicted molar refractivity (Wildman–Crippen MR) is 63.7 cm³/mol. The molecule has 3 nitrogen and oxygen atoms in total. The van der Waals surface area contributed by atoms with Crippen LogP contribution in [0.4, 0.5) is 0 Å². The van der Waals surface area contributed by atoms with Gasteiger partial charge < -0.3 is 0 Å². The topological polar surface area (TPSA) is 41.6 Å². The van der Waals surface area contributed by atoms with E-state index in [1.54, 1.807) is 18.3 Å². The highest BCUT2D eigenvalue weighted by molar-refractivity contribution is 9.11. The Kier molecular flexibility index (Phi) is 2.89. The largest absolute Gasteiger partial charge is 0.281 e. The average molecular weight is 327 g/mol. The smallest absolute Gasteiger partial charge is 0.182 e. The molecule has 2 rings (SSSR count). The van der Waals surface area contributed by atoms with Gasteiger partial charge in [0.2, 0.25) is 0 Å². The van der Waals surface area contributed by atoms with Crippen molar-refractivity contribution in [3.63, 3.8) is 0 Å². The monoisotopic (exact) mass is 325 g/mol. The van der Waals surface area contributed by atoms with Gasteiger partial charge in [0.05, 0.1) is 17.8 Å². The Morgan fingerprint density at radius 2 is 2.13 bits per heavy atom. The summed E-state index contributed by atoms with van der Waals surface area (Å²) in [6.45, 7) is 0. The lowest BCUT2D eigenvalue weighted by atomic mass is 10.2. The molecule has 1 heterocycles. The highest BCUT2D eigenvalue weighted by Crippen LogP contribution is 2.23. The molecular formula is C10H5Br2N3. The van der Waals surface area contributed by atoms with Crippen LogP contribution in [0.5, 0.6) is 0 Å². The van der Waals surface area contributed by atoms with Gasteiger partial charge in [0.1, 0.15) is 4.60 Å². The normalized spacial score (nSPS) is 9.93. The van der Waals surface area contributed by atoms with Crippen molar-refractivity contribution in [2.75, 3.05) is 0 Å². The van der Waals surface area contributed by atoms with Gasteiger partial charge in [0.15, 0.2) is 4.73 Å². The van der Waals surface area contributed by atoms with Crippen molar-refractivity contribution < 1.29 is 0 Å². The summed E-state index contributed by atoms with van der Waals surface area (Å²) in [7, 11) is 0. The highest BCUT2D eigenvalue weighted by Gasteiger charge is 2.07. The lowest BCUT2D eigenvalue weighted by molar-refractivity contribution is 0.991. The van der Waals surface area contributed by atoms with Gasteiger partial charge >= 0.3 is 0 Å². The molecule has 0 unspecified atom stereocenters. The van der Waals surface area contributed by atoms with Crippen LogP contribution < -0.4 is 0 Å². The molecule has 0 aliphatic carbocycles. The van der Waals surface area contributed by atoms with Crippen molar-refractivity contribution in [3.05, 3.63) is 45.4 Å². The first-order valence-electron chi connectivity index (χ1n) is 4.11. The van der Waals surface area contributed by atoms with Crippen LogP contribution in [0.15, 0.2) is 39.8 Å². The third-order valence-corrected chi connectivity index (χ3v) is 3.03. The summed E-state index contributed by atoms with van der Waals surface area (Å²) in [5, 5.41) is 8.80. The molecule has 0 saturated carbocycles. The number of halogens is 2. The molecule has 15 heavy (non-hydrogen) atoms. The van der Waals surface area contributed by atoms with E-state index in [1.165, 1.54) is 0 Å². The van der Waals surface area contributed by atoms with E-state index in [-0.39, 0.29) is 0 Å². The van der Waals surface area contributed by atoms with E-state index >= 15 is 0 Å². The van der Waals surface area contributed by atoms with Crippen LogP contribution in [-0.4, -0.2) is 9.55 Å². The van der Waals surface area contributed by atoms with E-state index in [9.17, 15) is 0 Å². The average Bonchev–Trinajstić information content (AvgIpc) is 2.59. The molecule has 2 aromatic rings. The van der Waals surface area contributed by atoms with Gasteiger partial charge in [0, 0.05) is 5.69 Å². The first-order chi connectivity index (χ1) is 7.22. The Morgan fingerprint density at radius 3 is 2.73 bits per heavy atom. The fraction of sp³-hybridized carbons (Fsp3) is 0. The number of aromatic nitrogens is 2. The zero-order chi connectivity index (χ0) is 10.8. The van der Waals surface area contributed by atoms with E-state index in [1.807, 2.05) is 16.7 Å². The minimum absolute atomic E-state index is 0.625. The number of nitrogens with zero attached hydrogens (tertiary/aromatic N) is 3. The van der Waals surface area contributed by atoms with Crippen LogP contribution >= 0.6 is 31.9 Å². The molecule has 0 aliphatic heterocycles. The Balaban J connectivity index is 2.60. The third-order valence-electron chi connectivity index (χ3n) is 1.91. The molecule has 0 aliphatic rings. The van der Waals surface area contributed by atoms with Gasteiger partial charge in [-0.2, -0.15) is 5.26 Å². The number of imidazole rings is 1. The van der Waals surface area contributed by atoms with Crippen LogP contribution in [0.3, 0.4) is 0 Å². The lowest BCUT2D eigenvalue weighted by Crippen LogP contribution is -1.94. The van der Waals surface area contributed by atoms with Crippen LogP contribution in [0.25, 0.3) is 5.69 Å². The van der Waals surface area contributed by atoms with E-state index in [0.29, 0.717) is 10.3 Å². The highest BCUT2D eigenvalue weighted by atomic mass is 79.9. The maximum Gasteiger partial charge on any atom is 0.182 e. The van der Waals surface area contributed by atoms with E-state index in [4.69, 9.17) is 5.26 Å². The summed E-state index contributed by atoms with van der Waals surface area (Å²) < 4.78 is 3.40. The SMILES string of the molecule is N#Cc1cccc(-n2c(Br)cnc2Br)c1. The summed E-state index contributed by atoms with van der Waals surface area (Å²) in [6, 6.07) is 9.43. The zero-order valence-corrected chi connectivity index (χ0v) is 10.7. The Labute approximate surface area is 104 Å². The van der Waals surface area contributed by atoms with Crippen LogP contribution in [0, 0.1) is 11.3 Å². The molecule has 0 fully saturated rings. The molecular weight excluding hydrogens is 322 g/mol. The van der Waals surface area contributed by atoms with Gasteiger partial charge in [-0.1, -0.05) is 6.07 Å².